The quantitative estimate of drug-likeness (QED) is 0.776. The highest BCUT2D eigenvalue weighted by Crippen LogP contribution is 2.27. The van der Waals surface area contributed by atoms with Crippen LogP contribution in [0, 0.1) is 0 Å². The van der Waals surface area contributed by atoms with Gasteiger partial charge in [0.2, 0.25) is 0 Å². The maximum atomic E-state index is 10.6. The van der Waals surface area contributed by atoms with Crippen molar-refractivity contribution in [1.82, 2.24) is 0 Å². The molecule has 0 radical (unpaired) electrons. The fourth-order valence-electron chi connectivity index (χ4n) is 1.28. The van der Waals surface area contributed by atoms with Gasteiger partial charge in [0.1, 0.15) is 0 Å². The Morgan fingerprint density at radius 2 is 2.21 bits per heavy atom. The molecule has 0 heterocycles. The van der Waals surface area contributed by atoms with Gasteiger partial charge in [-0.3, -0.25) is 4.79 Å². The Kier molecular flexibility index (Phi) is 3.72. The molecule has 0 aliphatic heterocycles. The summed E-state index contributed by atoms with van der Waals surface area (Å²) >= 11 is 5.94. The monoisotopic (exact) mass is 210 g/mol. The van der Waals surface area contributed by atoms with E-state index in [-0.39, 0.29) is 12.3 Å². The van der Waals surface area contributed by atoms with Crippen molar-refractivity contribution in [3.05, 3.63) is 47.5 Å². The van der Waals surface area contributed by atoms with Gasteiger partial charge < -0.3 is 5.11 Å². The van der Waals surface area contributed by atoms with Gasteiger partial charge in [0, 0.05) is 10.9 Å². The van der Waals surface area contributed by atoms with Crippen LogP contribution in [0.15, 0.2) is 36.9 Å². The van der Waals surface area contributed by atoms with Gasteiger partial charge in [-0.2, -0.15) is 0 Å². The minimum absolute atomic E-state index is 0.0211. The minimum Gasteiger partial charge on any atom is -0.481 e. The standard InChI is InChI=1S/C11H11ClO2/c1-2-8(7-11(13)14)9-5-3-4-6-10(9)12/h2-6,8H,1,7H2,(H,13,14)/t8-/m0/s1. The molecule has 0 saturated carbocycles. The Bertz CT molecular complexity index is 347. The molecular formula is C11H11ClO2. The topological polar surface area (TPSA) is 37.3 Å². The van der Waals surface area contributed by atoms with Crippen molar-refractivity contribution in [3.63, 3.8) is 0 Å². The van der Waals surface area contributed by atoms with Crippen molar-refractivity contribution in [2.45, 2.75) is 12.3 Å². The number of carboxylic acids is 1. The number of allylic oxidation sites excluding steroid dienone is 1. The number of carbonyl (C=O) groups is 1. The fourth-order valence-corrected chi connectivity index (χ4v) is 1.56. The molecule has 0 aromatic heterocycles. The van der Waals surface area contributed by atoms with Crippen LogP contribution >= 0.6 is 11.6 Å². The maximum absolute atomic E-state index is 10.6. The molecule has 2 nitrogen and oxygen atoms in total. The number of rotatable bonds is 4. The Hall–Kier alpha value is -1.28. The summed E-state index contributed by atoms with van der Waals surface area (Å²) in [6.45, 7) is 3.61. The third kappa shape index (κ3) is 2.60. The van der Waals surface area contributed by atoms with Crippen molar-refractivity contribution < 1.29 is 9.90 Å². The molecule has 0 aliphatic rings. The molecule has 0 bridgehead atoms. The molecule has 1 aromatic rings. The van der Waals surface area contributed by atoms with Crippen LogP contribution in [0.3, 0.4) is 0 Å². The molecular weight excluding hydrogens is 200 g/mol. The lowest BCUT2D eigenvalue weighted by atomic mass is 9.96. The lowest BCUT2D eigenvalue weighted by Crippen LogP contribution is -2.04. The van der Waals surface area contributed by atoms with Crippen LogP contribution in [-0.2, 0) is 4.79 Å². The SMILES string of the molecule is C=C[C@@H](CC(=O)O)c1ccccc1Cl. The fraction of sp³-hybridized carbons (Fsp3) is 0.182. The van der Waals surface area contributed by atoms with Crippen molar-refractivity contribution in [2.24, 2.45) is 0 Å². The summed E-state index contributed by atoms with van der Waals surface area (Å²) < 4.78 is 0. The molecule has 0 unspecified atom stereocenters. The first kappa shape index (κ1) is 10.8. The molecule has 0 spiro atoms. The summed E-state index contributed by atoms with van der Waals surface area (Å²) in [5.74, 6) is -1.07. The van der Waals surface area contributed by atoms with Crippen LogP contribution in [-0.4, -0.2) is 11.1 Å². The number of halogens is 1. The molecule has 1 atom stereocenters. The second-order valence-corrected chi connectivity index (χ2v) is 3.37. The van der Waals surface area contributed by atoms with Crippen molar-refractivity contribution in [1.29, 1.82) is 0 Å². The third-order valence-corrected chi connectivity index (χ3v) is 2.33. The first-order valence-electron chi connectivity index (χ1n) is 4.24. The van der Waals surface area contributed by atoms with Crippen LogP contribution in [0.5, 0.6) is 0 Å². The zero-order chi connectivity index (χ0) is 10.6. The highest BCUT2D eigenvalue weighted by Gasteiger charge is 2.14. The molecule has 1 aromatic carbocycles. The van der Waals surface area contributed by atoms with Crippen LogP contribution in [0.2, 0.25) is 5.02 Å². The van der Waals surface area contributed by atoms with Crippen molar-refractivity contribution >= 4 is 17.6 Å². The summed E-state index contributed by atoms with van der Waals surface area (Å²) in [6, 6.07) is 7.21. The van der Waals surface area contributed by atoms with Gasteiger partial charge in [-0.1, -0.05) is 35.9 Å². The minimum atomic E-state index is -0.852. The number of benzene rings is 1. The van der Waals surface area contributed by atoms with E-state index in [0.717, 1.165) is 5.56 Å². The Balaban J connectivity index is 2.94. The second kappa shape index (κ2) is 4.82. The molecule has 0 amide bonds. The number of aliphatic carboxylic acids is 1. The van der Waals surface area contributed by atoms with E-state index in [2.05, 4.69) is 6.58 Å². The lowest BCUT2D eigenvalue weighted by molar-refractivity contribution is -0.137. The van der Waals surface area contributed by atoms with E-state index >= 15 is 0 Å². The van der Waals surface area contributed by atoms with E-state index in [1.165, 1.54) is 0 Å². The zero-order valence-electron chi connectivity index (χ0n) is 7.61. The molecule has 1 N–H and O–H groups in total. The first-order chi connectivity index (χ1) is 6.65. The summed E-state index contributed by atoms with van der Waals surface area (Å²) in [7, 11) is 0. The predicted molar refractivity (Wildman–Crippen MR) is 56.6 cm³/mol. The Morgan fingerprint density at radius 1 is 1.57 bits per heavy atom. The van der Waals surface area contributed by atoms with Gasteiger partial charge >= 0.3 is 5.97 Å². The lowest BCUT2D eigenvalue weighted by Gasteiger charge is -2.11. The van der Waals surface area contributed by atoms with E-state index in [0.29, 0.717) is 5.02 Å². The van der Waals surface area contributed by atoms with Crippen LogP contribution in [0.25, 0.3) is 0 Å². The van der Waals surface area contributed by atoms with Gasteiger partial charge in [0.25, 0.3) is 0 Å². The highest BCUT2D eigenvalue weighted by molar-refractivity contribution is 6.31. The molecule has 0 aliphatic carbocycles. The Morgan fingerprint density at radius 3 is 2.71 bits per heavy atom. The van der Waals surface area contributed by atoms with Gasteiger partial charge in [0.05, 0.1) is 6.42 Å². The van der Waals surface area contributed by atoms with E-state index in [9.17, 15) is 4.79 Å². The molecule has 0 fully saturated rings. The molecule has 1 rings (SSSR count). The van der Waals surface area contributed by atoms with Crippen LogP contribution in [0.1, 0.15) is 17.9 Å². The summed E-state index contributed by atoms with van der Waals surface area (Å²) in [6.07, 6.45) is 1.63. The summed E-state index contributed by atoms with van der Waals surface area (Å²) in [4.78, 5) is 10.6. The largest absolute Gasteiger partial charge is 0.481 e. The smallest absolute Gasteiger partial charge is 0.304 e. The van der Waals surface area contributed by atoms with Crippen LogP contribution < -0.4 is 0 Å². The van der Waals surface area contributed by atoms with E-state index in [1.54, 1.807) is 12.1 Å². The molecule has 3 heteroatoms. The van der Waals surface area contributed by atoms with E-state index < -0.39 is 5.97 Å². The average molecular weight is 211 g/mol. The van der Waals surface area contributed by atoms with Crippen molar-refractivity contribution in [3.8, 4) is 0 Å². The van der Waals surface area contributed by atoms with E-state index in [1.807, 2.05) is 18.2 Å². The van der Waals surface area contributed by atoms with E-state index in [4.69, 9.17) is 16.7 Å². The molecule has 74 valence electrons. The van der Waals surface area contributed by atoms with Gasteiger partial charge in [0.15, 0.2) is 0 Å². The van der Waals surface area contributed by atoms with Gasteiger partial charge in [-0.25, -0.2) is 0 Å². The normalized spacial score (nSPS) is 12.1. The third-order valence-electron chi connectivity index (χ3n) is 1.98. The number of hydrogen-bond donors (Lipinski definition) is 1. The maximum Gasteiger partial charge on any atom is 0.304 e. The highest BCUT2D eigenvalue weighted by atomic mass is 35.5. The Labute approximate surface area is 87.8 Å². The molecule has 14 heavy (non-hydrogen) atoms. The summed E-state index contributed by atoms with van der Waals surface area (Å²) in [5, 5.41) is 9.26. The van der Waals surface area contributed by atoms with Gasteiger partial charge in [-0.15, -0.1) is 6.58 Å². The number of carboxylic acid groups (broad SMARTS) is 1. The first-order valence-corrected chi connectivity index (χ1v) is 4.61. The van der Waals surface area contributed by atoms with Gasteiger partial charge in [-0.05, 0) is 11.6 Å². The molecule has 0 saturated heterocycles. The zero-order valence-corrected chi connectivity index (χ0v) is 8.37. The average Bonchev–Trinajstić information content (AvgIpc) is 2.15. The van der Waals surface area contributed by atoms with Crippen LogP contribution in [0.4, 0.5) is 0 Å². The second-order valence-electron chi connectivity index (χ2n) is 2.96. The predicted octanol–water partition coefficient (Wildman–Crippen LogP) is 3.08. The number of hydrogen-bond acceptors (Lipinski definition) is 1. The summed E-state index contributed by atoms with van der Waals surface area (Å²) in [5.41, 5.74) is 0.812. The van der Waals surface area contributed by atoms with Crippen molar-refractivity contribution in [2.75, 3.05) is 0 Å².